The van der Waals surface area contributed by atoms with E-state index in [9.17, 15) is 39.3 Å². The van der Waals surface area contributed by atoms with E-state index in [1.165, 1.54) is 6.07 Å². The Kier molecular flexibility index (Phi) is 9.58. The maximum Gasteiger partial charge on any atom is 0.306 e. The van der Waals surface area contributed by atoms with Crippen molar-refractivity contribution in [2.24, 2.45) is 11.8 Å². The molecule has 1 saturated heterocycles. The second-order valence-corrected chi connectivity index (χ2v) is 8.89. The highest BCUT2D eigenvalue weighted by Gasteiger charge is 2.48. The highest BCUT2D eigenvalue weighted by Crippen LogP contribution is 2.37. The van der Waals surface area contributed by atoms with Gasteiger partial charge in [-0.25, -0.2) is 0 Å². The Bertz CT molecular complexity index is 920. The summed E-state index contributed by atoms with van der Waals surface area (Å²) in [5.74, 6) is -6.97. The maximum atomic E-state index is 12.9. The van der Waals surface area contributed by atoms with Gasteiger partial charge in [-0.1, -0.05) is 6.07 Å². The van der Waals surface area contributed by atoms with Gasteiger partial charge in [-0.2, -0.15) is 0 Å². The number of ether oxygens (including phenoxy) is 2. The lowest BCUT2D eigenvalue weighted by molar-refractivity contribution is -0.179. The lowest BCUT2D eigenvalue weighted by atomic mass is 9.73. The fourth-order valence-corrected chi connectivity index (χ4v) is 4.51. The Hall–Kier alpha value is -2.74. The van der Waals surface area contributed by atoms with Gasteiger partial charge in [0.25, 0.3) is 5.91 Å². The summed E-state index contributed by atoms with van der Waals surface area (Å²) in [5.41, 5.74) is 0.266. The minimum Gasteiger partial charge on any atom is -0.481 e. The molecule has 1 aliphatic rings. The molecule has 4 N–H and O–H groups in total. The molecule has 11 nitrogen and oxygen atoms in total. The predicted octanol–water partition coefficient (Wildman–Crippen LogP) is 1.38. The molecule has 12 heteroatoms. The molecule has 5 atom stereocenters. The summed E-state index contributed by atoms with van der Waals surface area (Å²) in [6.45, 7) is 0.764. The van der Waals surface area contributed by atoms with Crippen LogP contribution in [-0.4, -0.2) is 70.0 Å². The van der Waals surface area contributed by atoms with Crippen LogP contribution in [0.4, 0.5) is 0 Å². The number of hydrogen-bond donors (Lipinski definition) is 4. The number of benzene rings is 1. The van der Waals surface area contributed by atoms with Gasteiger partial charge >= 0.3 is 23.9 Å². The van der Waals surface area contributed by atoms with Crippen LogP contribution in [0.25, 0.3) is 0 Å². The minimum atomic E-state index is -1.26. The minimum absolute atomic E-state index is 0.266. The first-order chi connectivity index (χ1) is 15.5. The molecule has 33 heavy (non-hydrogen) atoms. The summed E-state index contributed by atoms with van der Waals surface area (Å²) in [5, 5.41) is 30.9. The number of esters is 1. The van der Waals surface area contributed by atoms with Crippen LogP contribution in [0.5, 0.6) is 0 Å². The van der Waals surface area contributed by atoms with Crippen LogP contribution in [0.2, 0.25) is 0 Å². The quantitative estimate of drug-likeness (QED) is 0.235. The molecular weight excluding hydrogens is 553 g/mol. The molecule has 180 valence electrons. The largest absolute Gasteiger partial charge is 0.481 e. The molecule has 2 rings (SSSR count). The first-order valence-corrected chi connectivity index (χ1v) is 11.1. The van der Waals surface area contributed by atoms with Crippen molar-refractivity contribution in [3.63, 3.8) is 0 Å². The van der Waals surface area contributed by atoms with Crippen molar-refractivity contribution in [1.29, 1.82) is 0 Å². The van der Waals surface area contributed by atoms with Crippen molar-refractivity contribution >= 4 is 52.4 Å². The third kappa shape index (κ3) is 7.96. The topological polar surface area (TPSA) is 177 Å². The van der Waals surface area contributed by atoms with E-state index >= 15 is 0 Å². The van der Waals surface area contributed by atoms with Gasteiger partial charge in [0.1, 0.15) is 6.61 Å². The number of halogens is 1. The van der Waals surface area contributed by atoms with E-state index in [4.69, 9.17) is 9.47 Å². The average molecular weight is 577 g/mol. The standard InChI is InChI=1S/C21H24INO10/c1-10(24)32-9-16-13(6-17(25)26)14(7-18(27)28)20(15(33-16)8-19(29)30)23-21(31)11-3-2-4-12(22)5-11/h2-5,13-16,20H,6-9H2,1H3,(H,23,31)(H,25,26)(H,27,28)(H,29,30)/t13-,14+,15-,16-,20+/m0/s1. The summed E-state index contributed by atoms with van der Waals surface area (Å²) in [7, 11) is 0. The Morgan fingerprint density at radius 1 is 0.970 bits per heavy atom. The molecule has 0 bridgehead atoms. The van der Waals surface area contributed by atoms with E-state index < -0.39 is 79.1 Å². The van der Waals surface area contributed by atoms with E-state index in [-0.39, 0.29) is 12.2 Å². The normalized spacial score (nSPS) is 24.5. The number of aliphatic carboxylic acids is 3. The van der Waals surface area contributed by atoms with Gasteiger partial charge in [0.2, 0.25) is 0 Å². The molecule has 0 saturated carbocycles. The van der Waals surface area contributed by atoms with E-state index in [0.29, 0.717) is 0 Å². The molecule has 0 aromatic heterocycles. The Morgan fingerprint density at radius 3 is 2.12 bits per heavy atom. The second kappa shape index (κ2) is 11.9. The zero-order valence-corrected chi connectivity index (χ0v) is 19.8. The first kappa shape index (κ1) is 26.5. The molecule has 0 spiro atoms. The summed E-state index contributed by atoms with van der Waals surface area (Å²) in [6.07, 6.45) is -3.90. The lowest BCUT2D eigenvalue weighted by Gasteiger charge is -2.46. The Balaban J connectivity index is 2.45. The van der Waals surface area contributed by atoms with Crippen molar-refractivity contribution in [3.8, 4) is 0 Å². The number of hydrogen-bond acceptors (Lipinski definition) is 7. The fourth-order valence-electron chi connectivity index (χ4n) is 3.97. The van der Waals surface area contributed by atoms with Gasteiger partial charge in [0.05, 0.1) is 37.5 Å². The van der Waals surface area contributed by atoms with Gasteiger partial charge < -0.3 is 30.1 Å². The fraction of sp³-hybridized carbons (Fsp3) is 0.476. The van der Waals surface area contributed by atoms with Gasteiger partial charge in [-0.3, -0.25) is 24.0 Å². The number of amides is 1. The summed E-state index contributed by atoms with van der Waals surface area (Å²) in [4.78, 5) is 58.9. The molecule has 0 radical (unpaired) electrons. The summed E-state index contributed by atoms with van der Waals surface area (Å²) >= 11 is 2.02. The molecule has 0 aliphatic carbocycles. The molecule has 0 unspecified atom stereocenters. The molecule has 1 amide bonds. The predicted molar refractivity (Wildman–Crippen MR) is 119 cm³/mol. The second-order valence-electron chi connectivity index (χ2n) is 7.65. The van der Waals surface area contributed by atoms with Crippen molar-refractivity contribution in [3.05, 3.63) is 33.4 Å². The first-order valence-electron chi connectivity index (χ1n) is 9.98. The van der Waals surface area contributed by atoms with E-state index in [1.807, 2.05) is 22.6 Å². The molecule has 1 fully saturated rings. The highest BCUT2D eigenvalue weighted by atomic mass is 127. The maximum absolute atomic E-state index is 12.9. The Labute approximate surface area is 202 Å². The third-order valence-electron chi connectivity index (χ3n) is 5.27. The van der Waals surface area contributed by atoms with Crippen molar-refractivity contribution < 1.29 is 48.8 Å². The molecule has 1 aromatic carbocycles. The number of carbonyl (C=O) groups excluding carboxylic acids is 2. The lowest BCUT2D eigenvalue weighted by Crippen LogP contribution is -2.60. The van der Waals surface area contributed by atoms with Crippen LogP contribution >= 0.6 is 22.6 Å². The number of rotatable bonds is 10. The smallest absolute Gasteiger partial charge is 0.306 e. The summed E-state index contributed by atoms with van der Waals surface area (Å²) < 4.78 is 11.5. The number of nitrogens with one attached hydrogen (secondary N) is 1. The molecule has 1 aliphatic heterocycles. The van der Waals surface area contributed by atoms with Crippen LogP contribution in [0.3, 0.4) is 0 Å². The van der Waals surface area contributed by atoms with Gasteiger partial charge in [0, 0.05) is 22.0 Å². The summed E-state index contributed by atoms with van der Waals surface area (Å²) in [6, 6.07) is 5.44. The van der Waals surface area contributed by atoms with Gasteiger partial charge in [0.15, 0.2) is 0 Å². The van der Waals surface area contributed by atoms with Crippen molar-refractivity contribution in [1.82, 2.24) is 5.32 Å². The molecular formula is C21H24INO10. The van der Waals surface area contributed by atoms with Crippen LogP contribution in [0.1, 0.15) is 36.5 Å². The van der Waals surface area contributed by atoms with E-state index in [2.05, 4.69) is 5.32 Å². The third-order valence-corrected chi connectivity index (χ3v) is 5.94. The average Bonchev–Trinajstić information content (AvgIpc) is 2.69. The monoisotopic (exact) mass is 577 g/mol. The van der Waals surface area contributed by atoms with Gasteiger partial charge in [-0.05, 0) is 46.7 Å². The molecule has 1 heterocycles. The van der Waals surface area contributed by atoms with E-state index in [1.54, 1.807) is 18.2 Å². The SMILES string of the molecule is CC(=O)OC[C@@H]1O[C@@H](CC(=O)O)[C@H](NC(=O)c2cccc(I)c2)[C@H](CC(=O)O)[C@@H]1CC(=O)O. The Morgan fingerprint density at radius 2 is 1.58 bits per heavy atom. The number of carbonyl (C=O) groups is 5. The van der Waals surface area contributed by atoms with Crippen LogP contribution in [-0.2, 0) is 28.7 Å². The number of carboxylic acid groups (broad SMARTS) is 3. The number of carboxylic acids is 3. The van der Waals surface area contributed by atoms with Crippen molar-refractivity contribution in [2.45, 2.75) is 44.4 Å². The zero-order valence-electron chi connectivity index (χ0n) is 17.6. The van der Waals surface area contributed by atoms with Crippen LogP contribution in [0, 0.1) is 15.4 Å². The van der Waals surface area contributed by atoms with Gasteiger partial charge in [-0.15, -0.1) is 0 Å². The zero-order chi connectivity index (χ0) is 24.7. The van der Waals surface area contributed by atoms with E-state index in [0.717, 1.165) is 10.5 Å². The van der Waals surface area contributed by atoms with Crippen molar-refractivity contribution in [2.75, 3.05) is 6.61 Å². The van der Waals surface area contributed by atoms with Crippen LogP contribution in [0.15, 0.2) is 24.3 Å². The van der Waals surface area contributed by atoms with Crippen LogP contribution < -0.4 is 5.32 Å². The highest BCUT2D eigenvalue weighted by molar-refractivity contribution is 14.1. The molecule has 1 aromatic rings.